The summed E-state index contributed by atoms with van der Waals surface area (Å²) in [6.45, 7) is 3.41. The van der Waals surface area contributed by atoms with Gasteiger partial charge in [0.05, 0.1) is 16.8 Å². The molecular weight excluding hydrogens is 309 g/mol. The summed E-state index contributed by atoms with van der Waals surface area (Å²) < 4.78 is 19.7. The first-order chi connectivity index (χ1) is 10.4. The summed E-state index contributed by atoms with van der Waals surface area (Å²) >= 11 is 6.00. The predicted molar refractivity (Wildman–Crippen MR) is 83.8 cm³/mol. The molecule has 1 aromatic carbocycles. The monoisotopic (exact) mass is 329 g/mol. The van der Waals surface area contributed by atoms with Crippen molar-refractivity contribution in [1.82, 2.24) is 0 Å². The summed E-state index contributed by atoms with van der Waals surface area (Å²) in [5.41, 5.74) is -0.0397. The highest BCUT2D eigenvalue weighted by Gasteiger charge is 2.22. The molecule has 1 fully saturated rings. The SMILES string of the molecule is CC(C)C(O)C(=O)Nc1cc(OC2CCCC2)c(Cl)cc1F. The van der Waals surface area contributed by atoms with Gasteiger partial charge in [0.2, 0.25) is 0 Å². The highest BCUT2D eigenvalue weighted by atomic mass is 35.5. The van der Waals surface area contributed by atoms with Crippen molar-refractivity contribution < 1.29 is 19.0 Å². The minimum atomic E-state index is -1.20. The summed E-state index contributed by atoms with van der Waals surface area (Å²) in [4.78, 5) is 11.8. The number of amides is 1. The van der Waals surface area contributed by atoms with Gasteiger partial charge in [-0.3, -0.25) is 4.79 Å². The van der Waals surface area contributed by atoms with Crippen LogP contribution in [-0.2, 0) is 4.79 Å². The molecule has 1 unspecified atom stereocenters. The molecule has 0 bridgehead atoms. The maximum absolute atomic E-state index is 13.9. The molecular formula is C16H21ClFNO3. The van der Waals surface area contributed by atoms with E-state index in [-0.39, 0.29) is 22.7 Å². The van der Waals surface area contributed by atoms with Crippen molar-refractivity contribution in [2.75, 3.05) is 5.32 Å². The van der Waals surface area contributed by atoms with Gasteiger partial charge in [0.1, 0.15) is 17.7 Å². The molecule has 0 aliphatic heterocycles. The lowest BCUT2D eigenvalue weighted by Gasteiger charge is -2.18. The van der Waals surface area contributed by atoms with Gasteiger partial charge < -0.3 is 15.2 Å². The van der Waals surface area contributed by atoms with E-state index in [2.05, 4.69) is 5.32 Å². The largest absolute Gasteiger partial charge is 0.489 e. The van der Waals surface area contributed by atoms with Crippen molar-refractivity contribution >= 4 is 23.2 Å². The lowest BCUT2D eigenvalue weighted by molar-refractivity contribution is -0.125. The summed E-state index contributed by atoms with van der Waals surface area (Å²) in [6, 6.07) is 2.49. The first-order valence-electron chi connectivity index (χ1n) is 7.53. The smallest absolute Gasteiger partial charge is 0.253 e. The van der Waals surface area contributed by atoms with Crippen molar-refractivity contribution in [1.29, 1.82) is 0 Å². The first-order valence-corrected chi connectivity index (χ1v) is 7.91. The van der Waals surface area contributed by atoms with Gasteiger partial charge in [-0.25, -0.2) is 4.39 Å². The third-order valence-electron chi connectivity index (χ3n) is 3.78. The molecule has 1 aromatic rings. The summed E-state index contributed by atoms with van der Waals surface area (Å²) in [6.07, 6.45) is 2.98. The number of anilines is 1. The van der Waals surface area contributed by atoms with Crippen LogP contribution in [0.3, 0.4) is 0 Å². The minimum Gasteiger partial charge on any atom is -0.489 e. The van der Waals surface area contributed by atoms with Gasteiger partial charge in [-0.05, 0) is 37.7 Å². The maximum atomic E-state index is 13.9. The molecule has 0 heterocycles. The number of halogens is 2. The quantitative estimate of drug-likeness (QED) is 0.864. The zero-order valence-electron chi connectivity index (χ0n) is 12.7. The number of nitrogens with one attached hydrogen (secondary N) is 1. The van der Waals surface area contributed by atoms with Gasteiger partial charge in [0, 0.05) is 6.07 Å². The van der Waals surface area contributed by atoms with Gasteiger partial charge in [0.25, 0.3) is 5.91 Å². The van der Waals surface area contributed by atoms with Crippen LogP contribution in [0.1, 0.15) is 39.5 Å². The number of aliphatic hydroxyl groups is 1. The van der Waals surface area contributed by atoms with Crippen LogP contribution >= 0.6 is 11.6 Å². The van der Waals surface area contributed by atoms with E-state index in [1.54, 1.807) is 13.8 Å². The molecule has 4 nitrogen and oxygen atoms in total. The van der Waals surface area contributed by atoms with Crippen LogP contribution in [0.15, 0.2) is 12.1 Å². The summed E-state index contributed by atoms with van der Waals surface area (Å²) in [5.74, 6) is -1.22. The van der Waals surface area contributed by atoms with Gasteiger partial charge >= 0.3 is 0 Å². The Morgan fingerprint density at radius 2 is 2.05 bits per heavy atom. The Bertz CT molecular complexity index is 544. The number of carbonyl (C=O) groups is 1. The second kappa shape index (κ2) is 7.29. The highest BCUT2D eigenvalue weighted by molar-refractivity contribution is 6.32. The number of hydrogen-bond donors (Lipinski definition) is 2. The average molecular weight is 330 g/mol. The van der Waals surface area contributed by atoms with E-state index in [1.165, 1.54) is 6.07 Å². The molecule has 22 heavy (non-hydrogen) atoms. The molecule has 1 aliphatic carbocycles. The number of hydrogen-bond acceptors (Lipinski definition) is 3. The average Bonchev–Trinajstić information content (AvgIpc) is 2.95. The molecule has 0 aromatic heterocycles. The van der Waals surface area contributed by atoms with Gasteiger partial charge in [-0.15, -0.1) is 0 Å². The van der Waals surface area contributed by atoms with Crippen LogP contribution in [-0.4, -0.2) is 23.2 Å². The van der Waals surface area contributed by atoms with E-state index in [1.807, 2.05) is 0 Å². The van der Waals surface area contributed by atoms with Crippen molar-refractivity contribution in [3.05, 3.63) is 23.0 Å². The zero-order chi connectivity index (χ0) is 16.3. The van der Waals surface area contributed by atoms with E-state index in [0.29, 0.717) is 5.75 Å². The van der Waals surface area contributed by atoms with Crippen LogP contribution in [0.25, 0.3) is 0 Å². The van der Waals surface area contributed by atoms with E-state index < -0.39 is 17.8 Å². The normalized spacial score (nSPS) is 16.8. The van der Waals surface area contributed by atoms with Gasteiger partial charge in [0.15, 0.2) is 0 Å². The second-order valence-corrected chi connectivity index (χ2v) is 6.37. The van der Waals surface area contributed by atoms with Crippen LogP contribution in [0, 0.1) is 11.7 Å². The van der Waals surface area contributed by atoms with Crippen LogP contribution < -0.4 is 10.1 Å². The fourth-order valence-electron chi connectivity index (χ4n) is 2.41. The Morgan fingerprint density at radius 1 is 1.41 bits per heavy atom. The molecule has 1 atom stereocenters. The molecule has 6 heteroatoms. The molecule has 0 saturated heterocycles. The zero-order valence-corrected chi connectivity index (χ0v) is 13.5. The Morgan fingerprint density at radius 3 is 2.64 bits per heavy atom. The Balaban J connectivity index is 2.15. The second-order valence-electron chi connectivity index (χ2n) is 5.96. The Hall–Kier alpha value is -1.33. The third-order valence-corrected chi connectivity index (χ3v) is 4.07. The molecule has 122 valence electrons. The third kappa shape index (κ3) is 4.11. The van der Waals surface area contributed by atoms with Crippen molar-refractivity contribution in [2.45, 2.75) is 51.7 Å². The fraction of sp³-hybridized carbons (Fsp3) is 0.562. The summed E-state index contributed by atoms with van der Waals surface area (Å²) in [5, 5.41) is 12.3. The van der Waals surface area contributed by atoms with E-state index >= 15 is 0 Å². The number of ether oxygens (including phenoxy) is 1. The fourth-order valence-corrected chi connectivity index (χ4v) is 2.61. The molecule has 2 rings (SSSR count). The standard InChI is InChI=1S/C16H21ClFNO3/c1-9(2)15(20)16(21)19-13-8-14(11(17)7-12(13)18)22-10-5-3-4-6-10/h7-10,15,20H,3-6H2,1-2H3,(H,19,21). The molecule has 1 saturated carbocycles. The van der Waals surface area contributed by atoms with Crippen molar-refractivity contribution in [2.24, 2.45) is 5.92 Å². The van der Waals surface area contributed by atoms with Gasteiger partial charge in [-0.1, -0.05) is 25.4 Å². The minimum absolute atomic E-state index is 0.0397. The van der Waals surface area contributed by atoms with E-state index in [0.717, 1.165) is 31.7 Å². The van der Waals surface area contributed by atoms with E-state index in [4.69, 9.17) is 16.3 Å². The highest BCUT2D eigenvalue weighted by Crippen LogP contribution is 2.33. The van der Waals surface area contributed by atoms with Crippen LogP contribution in [0.4, 0.5) is 10.1 Å². The Kier molecular flexibility index (Phi) is 5.64. The summed E-state index contributed by atoms with van der Waals surface area (Å²) in [7, 11) is 0. The lowest BCUT2D eigenvalue weighted by atomic mass is 10.1. The topological polar surface area (TPSA) is 58.6 Å². The molecule has 2 N–H and O–H groups in total. The number of aliphatic hydroxyl groups excluding tert-OH is 1. The van der Waals surface area contributed by atoms with Crippen molar-refractivity contribution in [3.63, 3.8) is 0 Å². The number of carbonyl (C=O) groups excluding carboxylic acids is 1. The molecule has 1 amide bonds. The molecule has 0 radical (unpaired) electrons. The predicted octanol–water partition coefficient (Wildman–Crippen LogP) is 3.76. The number of rotatable bonds is 5. The van der Waals surface area contributed by atoms with E-state index in [9.17, 15) is 14.3 Å². The van der Waals surface area contributed by atoms with Crippen LogP contribution in [0.2, 0.25) is 5.02 Å². The lowest BCUT2D eigenvalue weighted by Crippen LogP contribution is -2.32. The molecule has 1 aliphatic rings. The molecule has 0 spiro atoms. The first kappa shape index (κ1) is 17.0. The van der Waals surface area contributed by atoms with Crippen LogP contribution in [0.5, 0.6) is 5.75 Å². The van der Waals surface area contributed by atoms with Gasteiger partial charge in [-0.2, -0.15) is 0 Å². The maximum Gasteiger partial charge on any atom is 0.253 e. The van der Waals surface area contributed by atoms with Crippen molar-refractivity contribution in [3.8, 4) is 5.75 Å². The number of benzene rings is 1. The Labute approximate surface area is 134 Å².